The van der Waals surface area contributed by atoms with E-state index in [1.54, 1.807) is 23.2 Å². The minimum atomic E-state index is -1.14. The minimum absolute atomic E-state index is 0.107. The molecule has 1 unspecified atom stereocenters. The lowest BCUT2D eigenvalue weighted by atomic mass is 9.96. The monoisotopic (exact) mass is 342 g/mol. The van der Waals surface area contributed by atoms with E-state index in [1.807, 2.05) is 43.6 Å². The summed E-state index contributed by atoms with van der Waals surface area (Å²) >= 11 is 1.39. The highest BCUT2D eigenvalue weighted by Gasteiger charge is 2.24. The lowest BCUT2D eigenvalue weighted by Crippen LogP contribution is -2.38. The minimum Gasteiger partial charge on any atom is -0.384 e. The highest BCUT2D eigenvalue weighted by molar-refractivity contribution is 7.13. The van der Waals surface area contributed by atoms with Crippen LogP contribution in [0.2, 0.25) is 0 Å². The van der Waals surface area contributed by atoms with Gasteiger partial charge in [0.1, 0.15) is 16.3 Å². The Kier molecular flexibility index (Phi) is 4.46. The Hall–Kier alpha value is -2.51. The molecule has 124 valence electrons. The van der Waals surface area contributed by atoms with E-state index >= 15 is 0 Å². The van der Waals surface area contributed by atoms with Crippen molar-refractivity contribution < 1.29 is 9.90 Å². The van der Waals surface area contributed by atoms with Gasteiger partial charge in [0.2, 0.25) is 0 Å². The van der Waals surface area contributed by atoms with Crippen LogP contribution in [-0.2, 0) is 12.6 Å². The number of amides is 1. The van der Waals surface area contributed by atoms with Gasteiger partial charge in [-0.05, 0) is 12.5 Å². The molecule has 2 N–H and O–H groups in total. The summed E-state index contributed by atoms with van der Waals surface area (Å²) in [6.45, 7) is 1.78. The molecular formula is C17H18N4O2S. The molecule has 1 aromatic carbocycles. The highest BCUT2D eigenvalue weighted by atomic mass is 32.1. The number of nitrogens with zero attached hydrogens (tertiary/aromatic N) is 3. The number of hydrogen-bond donors (Lipinski definition) is 2. The molecule has 0 bridgehead atoms. The van der Waals surface area contributed by atoms with Crippen molar-refractivity contribution in [1.82, 2.24) is 20.1 Å². The quantitative estimate of drug-likeness (QED) is 0.745. The van der Waals surface area contributed by atoms with Gasteiger partial charge in [-0.25, -0.2) is 4.98 Å². The zero-order chi connectivity index (χ0) is 17.2. The Morgan fingerprint density at radius 3 is 2.79 bits per heavy atom. The summed E-state index contributed by atoms with van der Waals surface area (Å²) in [5.41, 5.74) is 0.819. The van der Waals surface area contributed by atoms with Crippen molar-refractivity contribution in [2.75, 3.05) is 6.54 Å². The number of aryl methyl sites for hydroxylation is 1. The Labute approximate surface area is 143 Å². The summed E-state index contributed by atoms with van der Waals surface area (Å²) < 4.78 is 1.69. The molecule has 3 aromatic rings. The Morgan fingerprint density at radius 1 is 1.38 bits per heavy atom. The van der Waals surface area contributed by atoms with Gasteiger partial charge in [-0.3, -0.25) is 9.48 Å². The predicted molar refractivity (Wildman–Crippen MR) is 92.7 cm³/mol. The maximum Gasteiger partial charge on any atom is 0.270 e. The first-order valence-corrected chi connectivity index (χ1v) is 8.34. The number of benzene rings is 1. The fourth-order valence-corrected chi connectivity index (χ4v) is 3.06. The van der Waals surface area contributed by atoms with Gasteiger partial charge in [-0.1, -0.05) is 30.3 Å². The van der Waals surface area contributed by atoms with Crippen molar-refractivity contribution in [2.45, 2.75) is 12.5 Å². The van der Waals surface area contributed by atoms with Gasteiger partial charge in [0.05, 0.1) is 12.7 Å². The first-order chi connectivity index (χ1) is 11.5. The van der Waals surface area contributed by atoms with Crippen molar-refractivity contribution in [1.29, 1.82) is 0 Å². The molecule has 7 heteroatoms. The van der Waals surface area contributed by atoms with Crippen LogP contribution < -0.4 is 5.32 Å². The molecule has 3 rings (SSSR count). The molecular weight excluding hydrogens is 324 g/mol. The highest BCUT2D eigenvalue weighted by Crippen LogP contribution is 2.23. The Balaban J connectivity index is 1.66. The number of aromatic nitrogens is 3. The summed E-state index contributed by atoms with van der Waals surface area (Å²) in [6, 6.07) is 9.25. The molecule has 6 nitrogen and oxygen atoms in total. The van der Waals surface area contributed by atoms with Gasteiger partial charge in [-0.15, -0.1) is 11.3 Å². The average molecular weight is 342 g/mol. The van der Waals surface area contributed by atoms with Crippen LogP contribution in [0.1, 0.15) is 23.0 Å². The van der Waals surface area contributed by atoms with Gasteiger partial charge in [0.25, 0.3) is 5.91 Å². The third-order valence-corrected chi connectivity index (χ3v) is 4.57. The topological polar surface area (TPSA) is 80.0 Å². The maximum atomic E-state index is 12.3. The van der Waals surface area contributed by atoms with Gasteiger partial charge < -0.3 is 10.4 Å². The van der Waals surface area contributed by atoms with Crippen LogP contribution in [0, 0.1) is 0 Å². The maximum absolute atomic E-state index is 12.3. The van der Waals surface area contributed by atoms with E-state index in [2.05, 4.69) is 15.4 Å². The van der Waals surface area contributed by atoms with Gasteiger partial charge in [0, 0.05) is 24.2 Å². The van der Waals surface area contributed by atoms with Crippen LogP contribution in [0.4, 0.5) is 0 Å². The summed E-state index contributed by atoms with van der Waals surface area (Å²) in [6.07, 6.45) is 3.56. The van der Waals surface area contributed by atoms with Crippen molar-refractivity contribution in [2.24, 2.45) is 7.05 Å². The largest absolute Gasteiger partial charge is 0.384 e. The molecule has 0 aliphatic heterocycles. The normalized spacial score (nSPS) is 13.5. The molecule has 24 heavy (non-hydrogen) atoms. The SMILES string of the molecule is Cn1cc(-c2nc(C(=O)NCC(C)(O)c3ccccc3)cs2)cn1. The van der Waals surface area contributed by atoms with Crippen LogP contribution in [0.5, 0.6) is 0 Å². The third-order valence-electron chi connectivity index (χ3n) is 3.68. The number of hydrogen-bond acceptors (Lipinski definition) is 5. The van der Waals surface area contributed by atoms with E-state index in [9.17, 15) is 9.90 Å². The molecule has 2 aromatic heterocycles. The summed E-state index contributed by atoms with van der Waals surface area (Å²) in [5.74, 6) is -0.308. The van der Waals surface area contributed by atoms with Gasteiger partial charge in [-0.2, -0.15) is 5.10 Å². The van der Waals surface area contributed by atoms with E-state index < -0.39 is 5.60 Å². The van der Waals surface area contributed by atoms with Crippen LogP contribution in [0.25, 0.3) is 10.6 Å². The Morgan fingerprint density at radius 2 is 2.12 bits per heavy atom. The molecule has 0 fully saturated rings. The summed E-state index contributed by atoms with van der Waals surface area (Å²) in [5, 5.41) is 19.8. The van der Waals surface area contributed by atoms with Crippen molar-refractivity contribution in [3.8, 4) is 10.6 Å². The van der Waals surface area contributed by atoms with Crippen LogP contribution >= 0.6 is 11.3 Å². The zero-order valence-electron chi connectivity index (χ0n) is 13.4. The number of aliphatic hydroxyl groups is 1. The van der Waals surface area contributed by atoms with Crippen molar-refractivity contribution in [3.05, 3.63) is 59.4 Å². The molecule has 0 aliphatic rings. The molecule has 1 amide bonds. The predicted octanol–water partition coefficient (Wildman–Crippen LogP) is 2.18. The number of carbonyl (C=O) groups excluding carboxylic acids is 1. The second kappa shape index (κ2) is 6.54. The standard InChI is InChI=1S/C17H18N4O2S/c1-17(23,13-6-4-3-5-7-13)11-18-15(22)14-10-24-16(20-14)12-8-19-21(2)9-12/h3-10,23H,11H2,1-2H3,(H,18,22). The lowest BCUT2D eigenvalue weighted by Gasteiger charge is -2.24. The Bertz CT molecular complexity index is 839. The summed E-state index contributed by atoms with van der Waals surface area (Å²) in [7, 11) is 1.83. The van der Waals surface area contributed by atoms with E-state index in [0.717, 1.165) is 16.1 Å². The first kappa shape index (κ1) is 16.4. The molecule has 0 radical (unpaired) electrons. The van der Waals surface area contributed by atoms with Crippen LogP contribution in [0.15, 0.2) is 48.1 Å². The second-order valence-electron chi connectivity index (χ2n) is 5.76. The fraction of sp³-hybridized carbons (Fsp3) is 0.235. The smallest absolute Gasteiger partial charge is 0.270 e. The lowest BCUT2D eigenvalue weighted by molar-refractivity contribution is 0.0525. The van der Waals surface area contributed by atoms with Crippen molar-refractivity contribution >= 4 is 17.2 Å². The average Bonchev–Trinajstić information content (AvgIpc) is 3.22. The van der Waals surface area contributed by atoms with E-state index in [0.29, 0.717) is 5.69 Å². The third kappa shape index (κ3) is 3.52. The molecule has 0 spiro atoms. The van der Waals surface area contributed by atoms with Crippen LogP contribution in [-0.4, -0.2) is 32.3 Å². The number of thiazole rings is 1. The molecule has 1 atom stereocenters. The first-order valence-electron chi connectivity index (χ1n) is 7.46. The number of carbonyl (C=O) groups is 1. The second-order valence-corrected chi connectivity index (χ2v) is 6.62. The zero-order valence-corrected chi connectivity index (χ0v) is 14.2. The van der Waals surface area contributed by atoms with E-state index in [4.69, 9.17) is 0 Å². The van der Waals surface area contributed by atoms with E-state index in [-0.39, 0.29) is 12.5 Å². The molecule has 0 aliphatic carbocycles. The number of nitrogens with one attached hydrogen (secondary N) is 1. The van der Waals surface area contributed by atoms with Crippen molar-refractivity contribution in [3.63, 3.8) is 0 Å². The van der Waals surface area contributed by atoms with Gasteiger partial charge >= 0.3 is 0 Å². The molecule has 0 saturated carbocycles. The summed E-state index contributed by atoms with van der Waals surface area (Å²) in [4.78, 5) is 16.6. The fourth-order valence-electron chi connectivity index (χ4n) is 2.28. The molecule has 0 saturated heterocycles. The van der Waals surface area contributed by atoms with E-state index in [1.165, 1.54) is 11.3 Å². The van der Waals surface area contributed by atoms with Gasteiger partial charge in [0.15, 0.2) is 0 Å². The molecule has 2 heterocycles. The van der Waals surface area contributed by atoms with Crippen LogP contribution in [0.3, 0.4) is 0 Å². The number of rotatable bonds is 5.